The lowest BCUT2D eigenvalue weighted by molar-refractivity contribution is 0.357. The minimum atomic E-state index is 0.455. The molecule has 0 amide bonds. The van der Waals surface area contributed by atoms with Crippen LogP contribution < -0.4 is 15.0 Å². The molecule has 2 heterocycles. The second-order valence-corrected chi connectivity index (χ2v) is 6.47. The van der Waals surface area contributed by atoms with Crippen LogP contribution >= 0.6 is 0 Å². The number of para-hydroxylation sites is 2. The second-order valence-electron chi connectivity index (χ2n) is 6.47. The summed E-state index contributed by atoms with van der Waals surface area (Å²) in [5, 5.41) is 7.94. The standard InChI is InChI=1S/C18H27N5O/c1-15(9-11-23-14-19-13-20-23)21-16-6-5-10-22(12-16)17-7-3-4-8-18(17)24-2/h3-4,7-8,13-16,21H,5-6,9-12H2,1-2H3. The van der Waals surface area contributed by atoms with E-state index in [0.29, 0.717) is 12.1 Å². The van der Waals surface area contributed by atoms with E-state index in [1.807, 2.05) is 16.8 Å². The van der Waals surface area contributed by atoms with Crippen molar-refractivity contribution in [1.82, 2.24) is 20.1 Å². The van der Waals surface area contributed by atoms with Crippen molar-refractivity contribution in [1.29, 1.82) is 0 Å². The lowest BCUT2D eigenvalue weighted by atomic mass is 10.0. The molecule has 3 rings (SSSR count). The van der Waals surface area contributed by atoms with Crippen LogP contribution in [0.15, 0.2) is 36.9 Å². The van der Waals surface area contributed by atoms with Crippen molar-refractivity contribution in [2.75, 3.05) is 25.1 Å². The van der Waals surface area contributed by atoms with Crippen molar-refractivity contribution in [3.8, 4) is 5.75 Å². The van der Waals surface area contributed by atoms with Crippen molar-refractivity contribution in [2.24, 2.45) is 0 Å². The molecular formula is C18H27N5O. The quantitative estimate of drug-likeness (QED) is 0.845. The van der Waals surface area contributed by atoms with E-state index < -0.39 is 0 Å². The Balaban J connectivity index is 1.53. The number of anilines is 1. The minimum absolute atomic E-state index is 0.455. The molecule has 1 saturated heterocycles. The fourth-order valence-corrected chi connectivity index (χ4v) is 3.38. The summed E-state index contributed by atoms with van der Waals surface area (Å²) in [5.74, 6) is 0.956. The Kier molecular flexibility index (Phi) is 5.69. The van der Waals surface area contributed by atoms with Gasteiger partial charge in [-0.1, -0.05) is 12.1 Å². The maximum absolute atomic E-state index is 5.52. The van der Waals surface area contributed by atoms with Gasteiger partial charge in [0.1, 0.15) is 18.4 Å². The molecule has 0 bridgehead atoms. The van der Waals surface area contributed by atoms with Gasteiger partial charge in [0.25, 0.3) is 0 Å². The highest BCUT2D eigenvalue weighted by Crippen LogP contribution is 2.29. The summed E-state index contributed by atoms with van der Waals surface area (Å²) in [6, 6.07) is 9.25. The van der Waals surface area contributed by atoms with Gasteiger partial charge in [-0.05, 0) is 38.3 Å². The van der Waals surface area contributed by atoms with Crippen LogP contribution in [0.5, 0.6) is 5.75 Å². The smallest absolute Gasteiger partial charge is 0.142 e. The molecule has 130 valence electrons. The molecule has 1 fully saturated rings. The van der Waals surface area contributed by atoms with Crippen molar-refractivity contribution in [3.05, 3.63) is 36.9 Å². The molecule has 6 nitrogen and oxygen atoms in total. The largest absolute Gasteiger partial charge is 0.495 e. The highest BCUT2D eigenvalue weighted by Gasteiger charge is 2.23. The van der Waals surface area contributed by atoms with Crippen LogP contribution in [0.2, 0.25) is 0 Å². The van der Waals surface area contributed by atoms with Crippen LogP contribution in [0, 0.1) is 0 Å². The first-order chi connectivity index (χ1) is 11.8. The van der Waals surface area contributed by atoms with E-state index in [1.54, 1.807) is 19.8 Å². The maximum atomic E-state index is 5.52. The lowest BCUT2D eigenvalue weighted by Gasteiger charge is -2.36. The number of piperidine rings is 1. The van der Waals surface area contributed by atoms with Gasteiger partial charge in [0.2, 0.25) is 0 Å². The van der Waals surface area contributed by atoms with Crippen molar-refractivity contribution in [3.63, 3.8) is 0 Å². The Morgan fingerprint density at radius 1 is 1.38 bits per heavy atom. The number of benzene rings is 1. The number of nitrogens with one attached hydrogen (secondary N) is 1. The van der Waals surface area contributed by atoms with Crippen LogP contribution in [0.4, 0.5) is 5.69 Å². The molecule has 2 unspecified atom stereocenters. The van der Waals surface area contributed by atoms with Crippen LogP contribution in [0.3, 0.4) is 0 Å². The van der Waals surface area contributed by atoms with Crippen LogP contribution in [-0.2, 0) is 6.54 Å². The molecule has 2 atom stereocenters. The second kappa shape index (κ2) is 8.15. The topological polar surface area (TPSA) is 55.2 Å². The normalized spacial score (nSPS) is 19.2. The molecule has 1 aliphatic heterocycles. The van der Waals surface area contributed by atoms with Gasteiger partial charge in [-0.2, -0.15) is 5.10 Å². The molecule has 0 radical (unpaired) electrons. The molecule has 24 heavy (non-hydrogen) atoms. The Morgan fingerprint density at radius 3 is 3.04 bits per heavy atom. The number of aryl methyl sites for hydroxylation is 1. The first kappa shape index (κ1) is 16.8. The van der Waals surface area contributed by atoms with Gasteiger partial charge in [0.05, 0.1) is 12.8 Å². The summed E-state index contributed by atoms with van der Waals surface area (Å²) >= 11 is 0. The zero-order valence-corrected chi connectivity index (χ0v) is 14.6. The molecule has 2 aromatic rings. The molecule has 1 aliphatic rings. The Labute approximate surface area is 143 Å². The van der Waals surface area contributed by atoms with Gasteiger partial charge < -0.3 is 15.0 Å². The van der Waals surface area contributed by atoms with Gasteiger partial charge in [-0.25, -0.2) is 4.98 Å². The van der Waals surface area contributed by atoms with E-state index in [0.717, 1.165) is 31.8 Å². The third-order valence-corrected chi connectivity index (χ3v) is 4.63. The van der Waals surface area contributed by atoms with E-state index in [4.69, 9.17) is 4.74 Å². The maximum Gasteiger partial charge on any atom is 0.142 e. The van der Waals surface area contributed by atoms with E-state index in [-0.39, 0.29) is 0 Å². The van der Waals surface area contributed by atoms with E-state index in [2.05, 4.69) is 39.4 Å². The summed E-state index contributed by atoms with van der Waals surface area (Å²) in [6.07, 6.45) is 6.83. The van der Waals surface area contributed by atoms with E-state index in [9.17, 15) is 0 Å². The highest BCUT2D eigenvalue weighted by atomic mass is 16.5. The predicted molar refractivity (Wildman–Crippen MR) is 95.5 cm³/mol. The number of methoxy groups -OCH3 is 1. The summed E-state index contributed by atoms with van der Waals surface area (Å²) in [6.45, 7) is 5.26. The average Bonchev–Trinajstić information content (AvgIpc) is 3.14. The third kappa shape index (κ3) is 4.26. The van der Waals surface area contributed by atoms with Crippen LogP contribution in [-0.4, -0.2) is 47.0 Å². The highest BCUT2D eigenvalue weighted by molar-refractivity contribution is 5.58. The number of hydrogen-bond donors (Lipinski definition) is 1. The molecular weight excluding hydrogens is 302 g/mol. The monoisotopic (exact) mass is 329 g/mol. The van der Waals surface area contributed by atoms with Gasteiger partial charge >= 0.3 is 0 Å². The molecule has 0 saturated carbocycles. The van der Waals surface area contributed by atoms with Crippen LogP contribution in [0.1, 0.15) is 26.2 Å². The summed E-state index contributed by atoms with van der Waals surface area (Å²) < 4.78 is 7.41. The minimum Gasteiger partial charge on any atom is -0.495 e. The zero-order chi connectivity index (χ0) is 16.8. The fraction of sp³-hybridized carbons (Fsp3) is 0.556. The summed E-state index contributed by atoms with van der Waals surface area (Å²) in [7, 11) is 1.74. The number of rotatable bonds is 7. The summed E-state index contributed by atoms with van der Waals surface area (Å²) in [5.41, 5.74) is 1.20. The van der Waals surface area contributed by atoms with Gasteiger partial charge in [-0.3, -0.25) is 4.68 Å². The Morgan fingerprint density at radius 2 is 2.25 bits per heavy atom. The van der Waals surface area contributed by atoms with E-state index >= 15 is 0 Å². The zero-order valence-electron chi connectivity index (χ0n) is 14.6. The van der Waals surface area contributed by atoms with Gasteiger partial charge in [0.15, 0.2) is 0 Å². The molecule has 1 N–H and O–H groups in total. The number of aromatic nitrogens is 3. The third-order valence-electron chi connectivity index (χ3n) is 4.63. The number of hydrogen-bond acceptors (Lipinski definition) is 5. The molecule has 6 heteroatoms. The molecule has 0 aliphatic carbocycles. The fourth-order valence-electron chi connectivity index (χ4n) is 3.38. The van der Waals surface area contributed by atoms with Crippen molar-refractivity contribution < 1.29 is 4.74 Å². The SMILES string of the molecule is COc1ccccc1N1CCCC(NC(C)CCn2cncn2)C1. The summed E-state index contributed by atoms with van der Waals surface area (Å²) in [4.78, 5) is 6.42. The van der Waals surface area contributed by atoms with Crippen LogP contribution in [0.25, 0.3) is 0 Å². The first-order valence-corrected chi connectivity index (χ1v) is 8.72. The van der Waals surface area contributed by atoms with Gasteiger partial charge in [0, 0.05) is 31.7 Å². The molecule has 1 aromatic carbocycles. The van der Waals surface area contributed by atoms with Gasteiger partial charge in [-0.15, -0.1) is 0 Å². The Bertz CT molecular complexity index is 616. The van der Waals surface area contributed by atoms with Crippen molar-refractivity contribution >= 4 is 5.69 Å². The molecule has 1 aromatic heterocycles. The average molecular weight is 329 g/mol. The predicted octanol–water partition coefficient (Wildman–Crippen LogP) is 2.32. The lowest BCUT2D eigenvalue weighted by Crippen LogP contribution is -2.48. The van der Waals surface area contributed by atoms with E-state index in [1.165, 1.54) is 18.5 Å². The first-order valence-electron chi connectivity index (χ1n) is 8.72. The number of ether oxygens (including phenoxy) is 1. The number of nitrogens with zero attached hydrogens (tertiary/aromatic N) is 4. The van der Waals surface area contributed by atoms with Crippen molar-refractivity contribution in [2.45, 2.75) is 44.8 Å². The Hall–Kier alpha value is -2.08. The molecule has 0 spiro atoms.